The number of esters is 1. The molecule has 8 nitrogen and oxygen atoms in total. The van der Waals surface area contributed by atoms with Crippen molar-refractivity contribution < 1.29 is 14.3 Å². The summed E-state index contributed by atoms with van der Waals surface area (Å²) >= 11 is 0. The Hall–Kier alpha value is -3.16. The summed E-state index contributed by atoms with van der Waals surface area (Å²) < 4.78 is 12.2. The number of imidazole rings is 1. The first kappa shape index (κ1) is 17.7. The summed E-state index contributed by atoms with van der Waals surface area (Å²) in [5, 5.41) is 0. The molecule has 2 N–H and O–H groups in total. The second kappa shape index (κ2) is 7.81. The number of hydrogen-bond donors (Lipinski definition) is 1. The Morgan fingerprint density at radius 3 is 2.85 bits per heavy atom. The second-order valence-corrected chi connectivity index (χ2v) is 5.79. The third-order valence-corrected chi connectivity index (χ3v) is 3.96. The zero-order chi connectivity index (χ0) is 18.5. The summed E-state index contributed by atoms with van der Waals surface area (Å²) in [6.45, 7) is 3.00. The number of methoxy groups -OCH3 is 1. The van der Waals surface area contributed by atoms with Crippen molar-refractivity contribution in [3.63, 3.8) is 0 Å². The Labute approximate surface area is 151 Å². The van der Waals surface area contributed by atoms with Crippen LogP contribution in [0.4, 0.5) is 5.82 Å². The van der Waals surface area contributed by atoms with Gasteiger partial charge in [0.1, 0.15) is 0 Å². The molecule has 1 aromatic carbocycles. The SMILES string of the molecule is CCCCOc1nc(N)c2ncn(Cc3ccccc3C(=O)OC)c2n1. The maximum atomic E-state index is 12.0. The molecule has 0 saturated carbocycles. The van der Waals surface area contributed by atoms with Gasteiger partial charge in [-0.05, 0) is 18.1 Å². The molecule has 0 spiro atoms. The molecular formula is C18H21N5O3. The Balaban J connectivity index is 1.95. The smallest absolute Gasteiger partial charge is 0.338 e. The van der Waals surface area contributed by atoms with E-state index in [0.717, 1.165) is 18.4 Å². The van der Waals surface area contributed by atoms with Crippen molar-refractivity contribution in [3.8, 4) is 6.01 Å². The number of anilines is 1. The molecule has 0 aliphatic rings. The molecule has 26 heavy (non-hydrogen) atoms. The van der Waals surface area contributed by atoms with E-state index in [1.165, 1.54) is 7.11 Å². The van der Waals surface area contributed by atoms with E-state index in [-0.39, 0.29) is 17.8 Å². The van der Waals surface area contributed by atoms with Crippen LogP contribution in [0.25, 0.3) is 11.2 Å². The minimum absolute atomic E-state index is 0.228. The molecule has 0 bridgehead atoms. The van der Waals surface area contributed by atoms with Crippen molar-refractivity contribution in [2.45, 2.75) is 26.3 Å². The van der Waals surface area contributed by atoms with Crippen molar-refractivity contribution in [1.82, 2.24) is 19.5 Å². The lowest BCUT2D eigenvalue weighted by molar-refractivity contribution is 0.0599. The molecule has 3 aromatic rings. The number of ether oxygens (including phenoxy) is 2. The minimum Gasteiger partial charge on any atom is -0.465 e. The van der Waals surface area contributed by atoms with Gasteiger partial charge in [-0.3, -0.25) is 0 Å². The third kappa shape index (κ3) is 3.58. The van der Waals surface area contributed by atoms with E-state index in [1.54, 1.807) is 18.5 Å². The lowest BCUT2D eigenvalue weighted by Gasteiger charge is -2.10. The highest BCUT2D eigenvalue weighted by Gasteiger charge is 2.15. The van der Waals surface area contributed by atoms with Crippen LogP contribution in [0.3, 0.4) is 0 Å². The number of rotatable bonds is 7. The van der Waals surface area contributed by atoms with Gasteiger partial charge in [0.25, 0.3) is 0 Å². The zero-order valence-corrected chi connectivity index (χ0v) is 14.8. The van der Waals surface area contributed by atoms with Crippen molar-refractivity contribution in [2.75, 3.05) is 19.5 Å². The highest BCUT2D eigenvalue weighted by atomic mass is 16.5. The number of aromatic nitrogens is 4. The van der Waals surface area contributed by atoms with Gasteiger partial charge in [0.2, 0.25) is 0 Å². The molecule has 0 radical (unpaired) electrons. The molecule has 8 heteroatoms. The maximum Gasteiger partial charge on any atom is 0.338 e. The van der Waals surface area contributed by atoms with Gasteiger partial charge in [-0.1, -0.05) is 31.5 Å². The van der Waals surface area contributed by atoms with E-state index >= 15 is 0 Å². The molecule has 136 valence electrons. The van der Waals surface area contributed by atoms with Crippen LogP contribution in [0, 0.1) is 0 Å². The summed E-state index contributed by atoms with van der Waals surface area (Å²) in [5.41, 5.74) is 8.34. The lowest BCUT2D eigenvalue weighted by atomic mass is 10.1. The highest BCUT2D eigenvalue weighted by Crippen LogP contribution is 2.21. The molecule has 0 aliphatic heterocycles. The standard InChI is InChI=1S/C18H21N5O3/c1-3-4-9-26-18-21-15(19)14-16(22-18)23(11-20-14)10-12-7-5-6-8-13(12)17(24)25-2/h5-8,11H,3-4,9-10H2,1-2H3,(H2,19,21,22). The molecule has 2 aromatic heterocycles. The number of fused-ring (bicyclic) bond motifs is 1. The number of carbonyl (C=O) groups excluding carboxylic acids is 1. The van der Waals surface area contributed by atoms with Crippen LogP contribution in [0.2, 0.25) is 0 Å². The van der Waals surface area contributed by atoms with Crippen LogP contribution in [-0.4, -0.2) is 39.2 Å². The first-order chi connectivity index (χ1) is 12.6. The van der Waals surface area contributed by atoms with E-state index < -0.39 is 0 Å². The van der Waals surface area contributed by atoms with E-state index in [2.05, 4.69) is 21.9 Å². The van der Waals surface area contributed by atoms with Crippen molar-refractivity contribution in [1.29, 1.82) is 0 Å². The van der Waals surface area contributed by atoms with E-state index in [1.807, 2.05) is 16.7 Å². The highest BCUT2D eigenvalue weighted by molar-refractivity contribution is 5.91. The number of benzene rings is 1. The van der Waals surface area contributed by atoms with Crippen LogP contribution >= 0.6 is 0 Å². The van der Waals surface area contributed by atoms with E-state index in [0.29, 0.717) is 29.9 Å². The minimum atomic E-state index is -0.386. The molecule has 0 aliphatic carbocycles. The Kier molecular flexibility index (Phi) is 5.31. The van der Waals surface area contributed by atoms with E-state index in [4.69, 9.17) is 15.2 Å². The summed E-state index contributed by atoms with van der Waals surface area (Å²) in [4.78, 5) is 24.8. The molecule has 2 heterocycles. The fourth-order valence-electron chi connectivity index (χ4n) is 2.58. The predicted molar refractivity (Wildman–Crippen MR) is 97.0 cm³/mol. The Bertz CT molecular complexity index is 922. The quantitative estimate of drug-likeness (QED) is 0.512. The Morgan fingerprint density at radius 2 is 2.08 bits per heavy atom. The third-order valence-electron chi connectivity index (χ3n) is 3.96. The number of nitrogen functional groups attached to an aromatic ring is 1. The summed E-state index contributed by atoms with van der Waals surface area (Å²) in [6.07, 6.45) is 3.55. The van der Waals surface area contributed by atoms with Gasteiger partial charge in [0, 0.05) is 0 Å². The van der Waals surface area contributed by atoms with Gasteiger partial charge < -0.3 is 19.8 Å². The van der Waals surface area contributed by atoms with Gasteiger partial charge in [-0.25, -0.2) is 9.78 Å². The molecular weight excluding hydrogens is 334 g/mol. The van der Waals surface area contributed by atoms with Gasteiger partial charge in [-0.15, -0.1) is 0 Å². The number of unbranched alkanes of at least 4 members (excludes halogenated alkanes) is 1. The number of nitrogens with zero attached hydrogens (tertiary/aromatic N) is 4. The van der Waals surface area contributed by atoms with Crippen LogP contribution in [-0.2, 0) is 11.3 Å². The van der Waals surface area contributed by atoms with Crippen LogP contribution < -0.4 is 10.5 Å². The molecule has 0 amide bonds. The number of carbonyl (C=O) groups is 1. The van der Waals surface area contributed by atoms with Crippen molar-refractivity contribution >= 4 is 23.0 Å². The molecule has 0 fully saturated rings. The fourth-order valence-corrected chi connectivity index (χ4v) is 2.58. The average molecular weight is 355 g/mol. The number of nitrogens with two attached hydrogens (primary N) is 1. The maximum absolute atomic E-state index is 12.0. The molecule has 0 saturated heterocycles. The van der Waals surface area contributed by atoms with Gasteiger partial charge in [0.05, 0.1) is 32.2 Å². The van der Waals surface area contributed by atoms with Crippen molar-refractivity contribution in [3.05, 3.63) is 41.7 Å². The monoisotopic (exact) mass is 355 g/mol. The molecule has 0 unspecified atom stereocenters. The Morgan fingerprint density at radius 1 is 1.27 bits per heavy atom. The first-order valence-corrected chi connectivity index (χ1v) is 8.41. The fraction of sp³-hybridized carbons (Fsp3) is 0.333. The van der Waals surface area contributed by atoms with Gasteiger partial charge in [-0.2, -0.15) is 9.97 Å². The van der Waals surface area contributed by atoms with Crippen LogP contribution in [0.15, 0.2) is 30.6 Å². The molecule has 3 rings (SSSR count). The lowest BCUT2D eigenvalue weighted by Crippen LogP contribution is -2.09. The normalized spacial score (nSPS) is 10.8. The average Bonchev–Trinajstić information content (AvgIpc) is 3.05. The summed E-state index contributed by atoms with van der Waals surface area (Å²) in [6, 6.07) is 7.47. The largest absolute Gasteiger partial charge is 0.465 e. The van der Waals surface area contributed by atoms with Gasteiger partial charge >= 0.3 is 12.0 Å². The van der Waals surface area contributed by atoms with Crippen LogP contribution in [0.5, 0.6) is 6.01 Å². The molecule has 0 atom stereocenters. The zero-order valence-electron chi connectivity index (χ0n) is 14.8. The van der Waals surface area contributed by atoms with Crippen LogP contribution in [0.1, 0.15) is 35.7 Å². The number of hydrogen-bond acceptors (Lipinski definition) is 7. The second-order valence-electron chi connectivity index (χ2n) is 5.79. The topological polar surface area (TPSA) is 105 Å². The van der Waals surface area contributed by atoms with Gasteiger partial charge in [0.15, 0.2) is 17.0 Å². The first-order valence-electron chi connectivity index (χ1n) is 8.41. The summed E-state index contributed by atoms with van der Waals surface area (Å²) in [7, 11) is 1.36. The summed E-state index contributed by atoms with van der Waals surface area (Å²) in [5.74, 6) is -0.121. The predicted octanol–water partition coefficient (Wildman–Crippen LogP) is 2.42. The van der Waals surface area contributed by atoms with E-state index in [9.17, 15) is 4.79 Å². The van der Waals surface area contributed by atoms with Crippen molar-refractivity contribution in [2.24, 2.45) is 0 Å².